The summed E-state index contributed by atoms with van der Waals surface area (Å²) in [6.07, 6.45) is 0.870. The molecule has 0 aromatic heterocycles. The number of amides is 2. The van der Waals surface area contributed by atoms with Crippen molar-refractivity contribution in [3.8, 4) is 0 Å². The molecule has 26 heavy (non-hydrogen) atoms. The number of nitrogens with zero attached hydrogens (tertiary/aromatic N) is 1. The lowest BCUT2D eigenvalue weighted by Crippen LogP contribution is -2.27. The lowest BCUT2D eigenvalue weighted by molar-refractivity contribution is 0.0939. The van der Waals surface area contributed by atoms with E-state index in [2.05, 4.69) is 15.5 Å². The van der Waals surface area contributed by atoms with Crippen molar-refractivity contribution in [3.63, 3.8) is 0 Å². The maximum Gasteiger partial charge on any atom is 0.251 e. The molecule has 0 aliphatic heterocycles. The molecule has 2 aromatic carbocycles. The fraction of sp³-hybridized carbons (Fsp3) is 0.300. The van der Waals surface area contributed by atoms with Crippen LogP contribution in [0.3, 0.4) is 0 Å². The van der Waals surface area contributed by atoms with Gasteiger partial charge >= 0.3 is 0 Å². The molecule has 0 aliphatic rings. The summed E-state index contributed by atoms with van der Waals surface area (Å²) in [4.78, 5) is 26.3. The van der Waals surface area contributed by atoms with E-state index in [1.807, 2.05) is 14.1 Å². The van der Waals surface area contributed by atoms with Crippen LogP contribution in [0.5, 0.6) is 0 Å². The van der Waals surface area contributed by atoms with Gasteiger partial charge in [-0.05, 0) is 57.4 Å². The third-order valence-electron chi connectivity index (χ3n) is 3.87. The predicted octanol–water partition coefficient (Wildman–Crippen LogP) is 2.44. The highest BCUT2D eigenvalue weighted by Gasteiger charge is 2.09. The molecule has 0 bridgehead atoms. The van der Waals surface area contributed by atoms with Crippen LogP contribution >= 0.6 is 0 Å². The smallest absolute Gasteiger partial charge is 0.251 e. The molecule has 2 amide bonds. The summed E-state index contributed by atoms with van der Waals surface area (Å²) in [7, 11) is 3.97. The van der Waals surface area contributed by atoms with Gasteiger partial charge in [-0.25, -0.2) is 4.39 Å². The van der Waals surface area contributed by atoms with Crippen LogP contribution in [0.2, 0.25) is 0 Å². The summed E-state index contributed by atoms with van der Waals surface area (Å²) in [6.45, 7) is 1.61. The van der Waals surface area contributed by atoms with Gasteiger partial charge in [0, 0.05) is 29.8 Å². The summed E-state index contributed by atoms with van der Waals surface area (Å²) in [5.41, 5.74) is 1.35. The molecule has 0 aliphatic carbocycles. The molecule has 0 saturated heterocycles. The van der Waals surface area contributed by atoms with Gasteiger partial charge in [0.05, 0.1) is 0 Å². The van der Waals surface area contributed by atoms with E-state index in [9.17, 15) is 14.0 Å². The Morgan fingerprint density at radius 2 is 1.50 bits per heavy atom. The van der Waals surface area contributed by atoms with Crippen LogP contribution in [-0.4, -0.2) is 43.9 Å². The van der Waals surface area contributed by atoms with Crippen molar-refractivity contribution in [1.29, 1.82) is 0 Å². The quantitative estimate of drug-likeness (QED) is 0.714. The number of carbonyl (C=O) groups is 2. The van der Waals surface area contributed by atoms with Crippen LogP contribution in [0.1, 0.15) is 32.7 Å². The summed E-state index contributed by atoms with van der Waals surface area (Å²) in [5.74, 6) is -0.831. The lowest BCUT2D eigenvalue weighted by atomic mass is 10.1. The van der Waals surface area contributed by atoms with E-state index in [-0.39, 0.29) is 24.2 Å². The first-order valence-corrected chi connectivity index (χ1v) is 8.52. The molecular weight excluding hydrogens is 333 g/mol. The third kappa shape index (κ3) is 5.97. The Kier molecular flexibility index (Phi) is 7.29. The summed E-state index contributed by atoms with van der Waals surface area (Å²) in [5, 5.41) is 5.52. The fourth-order valence-corrected chi connectivity index (χ4v) is 2.39. The standard InChI is InChI=1S/C20H24FN3O2/c1-24(2)13-5-12-22-19(25)15-8-10-16(11-9-15)20(26)23-14-17-6-3-4-7-18(17)21/h3-4,6-11H,5,12-14H2,1-2H3,(H,22,25)(H,23,26). The molecule has 2 rings (SSSR count). The van der Waals surface area contributed by atoms with Gasteiger partial charge in [-0.1, -0.05) is 18.2 Å². The molecule has 0 fully saturated rings. The van der Waals surface area contributed by atoms with Crippen LogP contribution in [0, 0.1) is 5.82 Å². The highest BCUT2D eigenvalue weighted by molar-refractivity contribution is 5.97. The Morgan fingerprint density at radius 3 is 2.08 bits per heavy atom. The van der Waals surface area contributed by atoms with Crippen LogP contribution in [0.15, 0.2) is 48.5 Å². The average molecular weight is 357 g/mol. The molecule has 0 saturated carbocycles. The summed E-state index contributed by atoms with van der Waals surface area (Å²) < 4.78 is 13.6. The van der Waals surface area contributed by atoms with E-state index < -0.39 is 0 Å². The van der Waals surface area contributed by atoms with Gasteiger partial charge in [-0.2, -0.15) is 0 Å². The van der Waals surface area contributed by atoms with Gasteiger partial charge in [-0.3, -0.25) is 9.59 Å². The zero-order valence-electron chi connectivity index (χ0n) is 15.1. The van der Waals surface area contributed by atoms with Gasteiger partial charge in [0.25, 0.3) is 11.8 Å². The number of rotatable bonds is 8. The summed E-state index contributed by atoms with van der Waals surface area (Å²) >= 11 is 0. The number of halogens is 1. The molecule has 0 atom stereocenters. The molecule has 0 heterocycles. The Balaban J connectivity index is 1.85. The Hall–Kier alpha value is -2.73. The van der Waals surface area contributed by atoms with E-state index in [1.54, 1.807) is 42.5 Å². The second kappa shape index (κ2) is 9.68. The lowest BCUT2D eigenvalue weighted by Gasteiger charge is -2.10. The topological polar surface area (TPSA) is 61.4 Å². The largest absolute Gasteiger partial charge is 0.352 e. The van der Waals surface area contributed by atoms with Crippen molar-refractivity contribution < 1.29 is 14.0 Å². The first-order chi connectivity index (χ1) is 12.5. The van der Waals surface area contributed by atoms with Crippen LogP contribution < -0.4 is 10.6 Å². The number of nitrogens with one attached hydrogen (secondary N) is 2. The zero-order chi connectivity index (χ0) is 18.9. The maximum atomic E-state index is 13.6. The van der Waals surface area contributed by atoms with Crippen LogP contribution in [0.25, 0.3) is 0 Å². The van der Waals surface area contributed by atoms with E-state index in [0.717, 1.165) is 13.0 Å². The SMILES string of the molecule is CN(C)CCCNC(=O)c1ccc(C(=O)NCc2ccccc2F)cc1. The zero-order valence-corrected chi connectivity index (χ0v) is 15.1. The molecule has 6 heteroatoms. The Bertz CT molecular complexity index is 745. The highest BCUT2D eigenvalue weighted by Crippen LogP contribution is 2.08. The monoisotopic (exact) mass is 357 g/mol. The minimum atomic E-state index is -0.353. The average Bonchev–Trinajstić information content (AvgIpc) is 2.64. The first kappa shape index (κ1) is 19.6. The Morgan fingerprint density at radius 1 is 0.923 bits per heavy atom. The molecule has 138 valence electrons. The van der Waals surface area contributed by atoms with Gasteiger partial charge in [0.1, 0.15) is 5.82 Å². The minimum Gasteiger partial charge on any atom is -0.352 e. The molecule has 0 spiro atoms. The number of hydrogen-bond donors (Lipinski definition) is 2. The van der Waals surface area contributed by atoms with Crippen molar-refractivity contribution in [1.82, 2.24) is 15.5 Å². The van der Waals surface area contributed by atoms with Crippen molar-refractivity contribution >= 4 is 11.8 Å². The van der Waals surface area contributed by atoms with Crippen LogP contribution in [0.4, 0.5) is 4.39 Å². The van der Waals surface area contributed by atoms with E-state index in [0.29, 0.717) is 23.2 Å². The maximum absolute atomic E-state index is 13.6. The van der Waals surface area contributed by atoms with E-state index in [1.165, 1.54) is 6.07 Å². The minimum absolute atomic E-state index is 0.111. The van der Waals surface area contributed by atoms with Gasteiger partial charge in [-0.15, -0.1) is 0 Å². The number of hydrogen-bond acceptors (Lipinski definition) is 3. The molecule has 0 radical (unpaired) electrons. The van der Waals surface area contributed by atoms with E-state index >= 15 is 0 Å². The molecule has 5 nitrogen and oxygen atoms in total. The molecule has 2 N–H and O–H groups in total. The highest BCUT2D eigenvalue weighted by atomic mass is 19.1. The van der Waals surface area contributed by atoms with Crippen molar-refractivity contribution in [2.24, 2.45) is 0 Å². The number of benzene rings is 2. The molecule has 0 unspecified atom stereocenters. The van der Waals surface area contributed by atoms with Crippen molar-refractivity contribution in [3.05, 3.63) is 71.0 Å². The van der Waals surface area contributed by atoms with E-state index in [4.69, 9.17) is 0 Å². The second-order valence-corrected chi connectivity index (χ2v) is 6.26. The van der Waals surface area contributed by atoms with Gasteiger partial charge in [0.15, 0.2) is 0 Å². The van der Waals surface area contributed by atoms with Crippen molar-refractivity contribution in [2.75, 3.05) is 27.2 Å². The van der Waals surface area contributed by atoms with Crippen molar-refractivity contribution in [2.45, 2.75) is 13.0 Å². The molecular formula is C20H24FN3O2. The fourth-order valence-electron chi connectivity index (χ4n) is 2.39. The summed E-state index contributed by atoms with van der Waals surface area (Å²) in [6, 6.07) is 12.7. The van der Waals surface area contributed by atoms with Crippen LogP contribution in [-0.2, 0) is 6.54 Å². The van der Waals surface area contributed by atoms with Gasteiger partial charge in [0.2, 0.25) is 0 Å². The first-order valence-electron chi connectivity index (χ1n) is 8.52. The Labute approximate surface area is 153 Å². The third-order valence-corrected chi connectivity index (χ3v) is 3.87. The van der Waals surface area contributed by atoms with Gasteiger partial charge < -0.3 is 15.5 Å². The second-order valence-electron chi connectivity index (χ2n) is 6.26. The normalized spacial score (nSPS) is 10.6. The molecule has 2 aromatic rings. The number of carbonyl (C=O) groups excluding carboxylic acids is 2. The predicted molar refractivity (Wildman–Crippen MR) is 99.5 cm³/mol.